The van der Waals surface area contributed by atoms with E-state index < -0.39 is 0 Å². The number of benzene rings is 1. The Labute approximate surface area is 108 Å². The normalized spacial score (nSPS) is 16.7. The van der Waals surface area contributed by atoms with E-state index in [0.717, 1.165) is 30.6 Å². The van der Waals surface area contributed by atoms with Gasteiger partial charge >= 0.3 is 5.97 Å². The maximum absolute atomic E-state index is 11.2. The van der Waals surface area contributed by atoms with Crippen molar-refractivity contribution < 1.29 is 9.53 Å². The Hall–Kier alpha value is -1.83. The fraction of sp³-hybridized carbons (Fsp3) is 0.312. The largest absolute Gasteiger partial charge is 0.431 e. The first-order chi connectivity index (χ1) is 8.72. The van der Waals surface area contributed by atoms with Crippen molar-refractivity contribution in [3.8, 4) is 0 Å². The molecule has 0 aliphatic heterocycles. The van der Waals surface area contributed by atoms with Gasteiger partial charge in [0.05, 0.1) is 0 Å². The van der Waals surface area contributed by atoms with Crippen molar-refractivity contribution in [2.24, 2.45) is 0 Å². The molecule has 0 atom stereocenters. The van der Waals surface area contributed by atoms with Gasteiger partial charge < -0.3 is 4.74 Å². The number of aryl methyl sites for hydroxylation is 1. The van der Waals surface area contributed by atoms with E-state index in [1.165, 1.54) is 18.1 Å². The lowest BCUT2D eigenvalue weighted by atomic mass is 9.86. The Morgan fingerprint density at radius 3 is 2.89 bits per heavy atom. The number of carbonyl (C=O) groups is 1. The van der Waals surface area contributed by atoms with Crippen molar-refractivity contribution in [1.29, 1.82) is 0 Å². The molecule has 0 saturated carbocycles. The maximum Gasteiger partial charge on any atom is 0.307 e. The fourth-order valence-corrected chi connectivity index (χ4v) is 2.44. The Kier molecular flexibility index (Phi) is 3.98. The number of ether oxygens (including phenoxy) is 1. The van der Waals surface area contributed by atoms with Crippen molar-refractivity contribution in [2.45, 2.75) is 32.6 Å². The Balaban J connectivity index is 2.46. The minimum Gasteiger partial charge on any atom is -0.431 e. The first-order valence-corrected chi connectivity index (χ1v) is 6.32. The zero-order chi connectivity index (χ0) is 13.0. The lowest BCUT2D eigenvalue weighted by molar-refractivity contribution is -0.136. The van der Waals surface area contributed by atoms with Gasteiger partial charge in [-0.05, 0) is 36.0 Å². The van der Waals surface area contributed by atoms with E-state index in [1.807, 2.05) is 6.07 Å². The lowest BCUT2D eigenvalue weighted by Gasteiger charge is -2.21. The molecule has 0 N–H and O–H groups in total. The molecule has 2 rings (SSSR count). The minimum absolute atomic E-state index is 0.262. The summed E-state index contributed by atoms with van der Waals surface area (Å²) in [5.41, 5.74) is 3.72. The van der Waals surface area contributed by atoms with Crippen molar-refractivity contribution in [3.63, 3.8) is 0 Å². The predicted octanol–water partition coefficient (Wildman–Crippen LogP) is 3.87. The monoisotopic (exact) mass is 242 g/mol. The average Bonchev–Trinajstić information content (AvgIpc) is 2.37. The molecule has 0 saturated heterocycles. The van der Waals surface area contributed by atoms with Gasteiger partial charge in [0.15, 0.2) is 0 Å². The molecule has 2 nitrogen and oxygen atoms in total. The molecule has 1 aliphatic rings. The quantitative estimate of drug-likeness (QED) is 0.457. The van der Waals surface area contributed by atoms with E-state index in [-0.39, 0.29) is 5.97 Å². The number of carbonyl (C=O) groups excluding carboxylic acids is 1. The number of hydrogen-bond acceptors (Lipinski definition) is 2. The fourth-order valence-electron chi connectivity index (χ4n) is 2.44. The van der Waals surface area contributed by atoms with Crippen molar-refractivity contribution in [2.75, 3.05) is 0 Å². The summed E-state index contributed by atoms with van der Waals surface area (Å²) in [5, 5.41) is 0. The zero-order valence-electron chi connectivity index (χ0n) is 10.7. The molecule has 0 amide bonds. The Morgan fingerprint density at radius 1 is 1.39 bits per heavy atom. The Morgan fingerprint density at radius 2 is 2.17 bits per heavy atom. The molecule has 0 fully saturated rings. The van der Waals surface area contributed by atoms with Crippen LogP contribution >= 0.6 is 0 Å². The third-order valence-electron chi connectivity index (χ3n) is 3.15. The van der Waals surface area contributed by atoms with Gasteiger partial charge in [0, 0.05) is 13.3 Å². The van der Waals surface area contributed by atoms with E-state index >= 15 is 0 Å². The summed E-state index contributed by atoms with van der Waals surface area (Å²) in [6.45, 7) is 5.18. The SMILES string of the molecule is C=CC/C(OC(C)=O)=C1\CCCc2ccccc21. The molecule has 1 aromatic carbocycles. The number of hydrogen-bond donors (Lipinski definition) is 0. The van der Waals surface area contributed by atoms with Crippen molar-refractivity contribution >= 4 is 11.5 Å². The molecule has 0 aromatic heterocycles. The maximum atomic E-state index is 11.2. The predicted molar refractivity (Wildman–Crippen MR) is 72.9 cm³/mol. The van der Waals surface area contributed by atoms with Gasteiger partial charge in [0.2, 0.25) is 0 Å². The minimum atomic E-state index is -0.262. The summed E-state index contributed by atoms with van der Waals surface area (Å²) in [4.78, 5) is 11.2. The summed E-state index contributed by atoms with van der Waals surface area (Å²) in [7, 11) is 0. The highest BCUT2D eigenvalue weighted by atomic mass is 16.5. The van der Waals surface area contributed by atoms with E-state index in [9.17, 15) is 4.79 Å². The number of fused-ring (bicyclic) bond motifs is 1. The first kappa shape index (κ1) is 12.6. The number of allylic oxidation sites excluding steroid dienone is 2. The second-order valence-electron chi connectivity index (χ2n) is 4.50. The van der Waals surface area contributed by atoms with Crippen LogP contribution in [0.1, 0.15) is 37.3 Å². The lowest BCUT2D eigenvalue weighted by Crippen LogP contribution is -2.07. The van der Waals surface area contributed by atoms with E-state index in [4.69, 9.17) is 4.74 Å². The highest BCUT2D eigenvalue weighted by Gasteiger charge is 2.18. The molecule has 0 unspecified atom stereocenters. The number of esters is 1. The highest BCUT2D eigenvalue weighted by Crippen LogP contribution is 2.34. The van der Waals surface area contributed by atoms with E-state index in [1.54, 1.807) is 6.08 Å². The van der Waals surface area contributed by atoms with Crippen LogP contribution in [-0.2, 0) is 16.0 Å². The summed E-state index contributed by atoms with van der Waals surface area (Å²) in [5.74, 6) is 0.493. The number of rotatable bonds is 3. The topological polar surface area (TPSA) is 26.3 Å². The van der Waals surface area contributed by atoms with Gasteiger partial charge in [0.1, 0.15) is 5.76 Å². The van der Waals surface area contributed by atoms with Gasteiger partial charge in [-0.25, -0.2) is 0 Å². The molecule has 0 heterocycles. The van der Waals surface area contributed by atoms with Crippen molar-refractivity contribution in [1.82, 2.24) is 0 Å². The van der Waals surface area contributed by atoms with Gasteiger partial charge in [-0.15, -0.1) is 6.58 Å². The summed E-state index contributed by atoms with van der Waals surface area (Å²) < 4.78 is 5.36. The molecule has 18 heavy (non-hydrogen) atoms. The van der Waals surface area contributed by atoms with Crippen LogP contribution in [-0.4, -0.2) is 5.97 Å². The van der Waals surface area contributed by atoms with Crippen LogP contribution in [0.15, 0.2) is 42.7 Å². The molecule has 2 heteroatoms. The second kappa shape index (κ2) is 5.67. The smallest absolute Gasteiger partial charge is 0.307 e. The van der Waals surface area contributed by atoms with E-state index in [0.29, 0.717) is 6.42 Å². The average molecular weight is 242 g/mol. The van der Waals surface area contributed by atoms with Gasteiger partial charge in [-0.1, -0.05) is 30.3 Å². The molecule has 0 bridgehead atoms. The second-order valence-corrected chi connectivity index (χ2v) is 4.50. The van der Waals surface area contributed by atoms with Crippen LogP contribution < -0.4 is 0 Å². The molecule has 0 radical (unpaired) electrons. The standard InChI is InChI=1S/C16H18O2/c1-3-7-16(18-12(2)17)15-11-6-9-13-8-4-5-10-14(13)15/h3-5,8,10H,1,6-7,9,11H2,2H3/b16-15-. The van der Waals surface area contributed by atoms with Crippen LogP contribution in [0.3, 0.4) is 0 Å². The molecular weight excluding hydrogens is 224 g/mol. The summed E-state index contributed by atoms with van der Waals surface area (Å²) >= 11 is 0. The highest BCUT2D eigenvalue weighted by molar-refractivity contribution is 5.75. The Bertz CT molecular complexity index is 498. The zero-order valence-corrected chi connectivity index (χ0v) is 10.7. The van der Waals surface area contributed by atoms with E-state index in [2.05, 4.69) is 24.8 Å². The summed E-state index contributed by atoms with van der Waals surface area (Å²) in [6.07, 6.45) is 5.55. The van der Waals surface area contributed by atoms with Gasteiger partial charge in [-0.2, -0.15) is 0 Å². The van der Waals surface area contributed by atoms with Crippen LogP contribution in [0.2, 0.25) is 0 Å². The molecule has 1 aliphatic carbocycles. The van der Waals surface area contributed by atoms with Crippen molar-refractivity contribution in [3.05, 3.63) is 53.8 Å². The van der Waals surface area contributed by atoms with Crippen LogP contribution in [0, 0.1) is 0 Å². The molecule has 94 valence electrons. The molecule has 1 aromatic rings. The van der Waals surface area contributed by atoms with Crippen LogP contribution in [0.4, 0.5) is 0 Å². The van der Waals surface area contributed by atoms with Gasteiger partial charge in [-0.3, -0.25) is 4.79 Å². The third-order valence-corrected chi connectivity index (χ3v) is 3.15. The van der Waals surface area contributed by atoms with Gasteiger partial charge in [0.25, 0.3) is 0 Å². The van der Waals surface area contributed by atoms with Crippen LogP contribution in [0.5, 0.6) is 0 Å². The molecule has 0 spiro atoms. The molecular formula is C16H18O2. The third kappa shape index (κ3) is 2.70. The first-order valence-electron chi connectivity index (χ1n) is 6.32. The summed E-state index contributed by atoms with van der Waals surface area (Å²) in [6, 6.07) is 8.34. The van der Waals surface area contributed by atoms with Crippen LogP contribution in [0.25, 0.3) is 5.57 Å².